The van der Waals surface area contributed by atoms with Crippen molar-refractivity contribution >= 4 is 5.91 Å². The van der Waals surface area contributed by atoms with Gasteiger partial charge in [-0.15, -0.1) is 0 Å². The van der Waals surface area contributed by atoms with Gasteiger partial charge in [0, 0.05) is 19.0 Å². The number of imidazole rings is 1. The van der Waals surface area contributed by atoms with Crippen LogP contribution >= 0.6 is 0 Å². The second-order valence-corrected chi connectivity index (χ2v) is 5.62. The van der Waals surface area contributed by atoms with E-state index in [-0.39, 0.29) is 0 Å². The zero-order valence-corrected chi connectivity index (χ0v) is 11.6. The molecule has 2 aliphatic heterocycles. The number of nitrogens with one attached hydrogen (secondary N) is 1. The number of H-pyrrole nitrogens is 1. The monoisotopic (exact) mass is 321 g/mol. The third-order valence-electron chi connectivity index (χ3n) is 4.05. The van der Waals surface area contributed by atoms with Crippen LogP contribution in [0.2, 0.25) is 0 Å². The molecule has 5 nitrogen and oxygen atoms in total. The third-order valence-corrected chi connectivity index (χ3v) is 4.05. The predicted molar refractivity (Wildman–Crippen MR) is 66.5 cm³/mol. The van der Waals surface area contributed by atoms with Crippen molar-refractivity contribution in [2.75, 3.05) is 19.7 Å². The van der Waals surface area contributed by atoms with E-state index in [4.69, 9.17) is 4.74 Å². The smallest absolute Gasteiger partial charge is 0.329 e. The number of likely N-dealkylation sites (tertiary alicyclic amines) is 1. The molecule has 3 rings (SSSR count). The van der Waals surface area contributed by atoms with E-state index < -0.39 is 42.9 Å². The molecule has 0 saturated carbocycles. The van der Waals surface area contributed by atoms with E-state index in [0.29, 0.717) is 30.2 Å². The average Bonchev–Trinajstić information content (AvgIpc) is 3.05. The van der Waals surface area contributed by atoms with Crippen LogP contribution in [0.4, 0.5) is 17.6 Å². The summed E-state index contributed by atoms with van der Waals surface area (Å²) in [4.78, 5) is 19.8. The van der Waals surface area contributed by atoms with E-state index in [1.54, 1.807) is 6.20 Å². The molecule has 0 spiro atoms. The Morgan fingerprint density at radius 1 is 1.32 bits per heavy atom. The fourth-order valence-corrected chi connectivity index (χ4v) is 2.89. The molecule has 22 heavy (non-hydrogen) atoms. The maximum atomic E-state index is 13.3. The van der Waals surface area contributed by atoms with Crippen molar-refractivity contribution in [2.45, 2.75) is 30.8 Å². The first kappa shape index (κ1) is 15.3. The van der Waals surface area contributed by atoms with E-state index >= 15 is 0 Å². The van der Waals surface area contributed by atoms with Gasteiger partial charge in [0.05, 0.1) is 19.0 Å². The highest BCUT2D eigenvalue weighted by Gasteiger charge is 2.64. The average molecular weight is 321 g/mol. The molecule has 2 aliphatic rings. The molecule has 2 saturated heterocycles. The summed E-state index contributed by atoms with van der Waals surface area (Å²) in [6, 6.07) is 0. The molecule has 9 heteroatoms. The minimum absolute atomic E-state index is 0.387. The standard InChI is InChI=1S/C13H15F4N3O2/c14-12(15)6-20(7-13(12,16)17)11(21)8-2-1-5-22-9(8)10-18-3-4-19-10/h3-4,8-9H,1-2,5-7H2,(H,18,19)/t8-,9-/m1/s1. The van der Waals surface area contributed by atoms with Crippen LogP contribution in [0, 0.1) is 5.92 Å². The van der Waals surface area contributed by atoms with Gasteiger partial charge in [-0.1, -0.05) is 0 Å². The summed E-state index contributed by atoms with van der Waals surface area (Å²) < 4.78 is 58.6. The number of carbonyl (C=O) groups excluding carboxylic acids is 1. The molecule has 0 bridgehead atoms. The van der Waals surface area contributed by atoms with Crippen LogP contribution in [0.3, 0.4) is 0 Å². The largest absolute Gasteiger partial charge is 0.369 e. The minimum Gasteiger partial charge on any atom is -0.369 e. The molecular formula is C13H15F4N3O2. The summed E-state index contributed by atoms with van der Waals surface area (Å²) in [7, 11) is 0. The number of halogens is 4. The quantitative estimate of drug-likeness (QED) is 0.848. The van der Waals surface area contributed by atoms with Gasteiger partial charge in [0.2, 0.25) is 5.91 Å². The highest BCUT2D eigenvalue weighted by atomic mass is 19.3. The molecule has 0 aromatic carbocycles. The number of amides is 1. The first-order chi connectivity index (χ1) is 10.3. The Bertz CT molecular complexity index is 533. The molecule has 3 heterocycles. The summed E-state index contributed by atoms with van der Waals surface area (Å²) in [6.07, 6.45) is 3.26. The number of carbonyl (C=O) groups is 1. The second kappa shape index (κ2) is 5.22. The fourth-order valence-electron chi connectivity index (χ4n) is 2.89. The molecule has 0 aliphatic carbocycles. The van der Waals surface area contributed by atoms with E-state index in [2.05, 4.69) is 9.97 Å². The molecule has 1 aromatic heterocycles. The molecule has 1 amide bonds. The molecule has 122 valence electrons. The highest BCUT2D eigenvalue weighted by molar-refractivity contribution is 5.80. The minimum atomic E-state index is -4.20. The summed E-state index contributed by atoms with van der Waals surface area (Å²) in [5.74, 6) is -9.52. The lowest BCUT2D eigenvalue weighted by atomic mass is 9.92. The van der Waals surface area contributed by atoms with Gasteiger partial charge in [-0.2, -0.15) is 17.6 Å². The van der Waals surface area contributed by atoms with Crippen molar-refractivity contribution in [1.29, 1.82) is 0 Å². The van der Waals surface area contributed by atoms with Crippen LogP contribution < -0.4 is 0 Å². The Hall–Kier alpha value is -1.64. The Labute approximate surface area is 123 Å². The summed E-state index contributed by atoms with van der Waals surface area (Å²) in [6.45, 7) is -2.12. The molecule has 2 fully saturated rings. The first-order valence-electron chi connectivity index (χ1n) is 6.97. The van der Waals surface area contributed by atoms with Gasteiger partial charge in [0.15, 0.2) is 0 Å². The van der Waals surface area contributed by atoms with Crippen molar-refractivity contribution in [3.63, 3.8) is 0 Å². The van der Waals surface area contributed by atoms with Crippen molar-refractivity contribution in [3.8, 4) is 0 Å². The number of hydrogen-bond acceptors (Lipinski definition) is 3. The Kier molecular flexibility index (Phi) is 3.62. The molecular weight excluding hydrogens is 306 g/mol. The van der Waals surface area contributed by atoms with Crippen molar-refractivity contribution in [3.05, 3.63) is 18.2 Å². The number of ether oxygens (including phenoxy) is 1. The molecule has 0 radical (unpaired) electrons. The van der Waals surface area contributed by atoms with Crippen LogP contribution in [-0.2, 0) is 9.53 Å². The van der Waals surface area contributed by atoms with Gasteiger partial charge in [0.1, 0.15) is 11.9 Å². The molecule has 1 aromatic rings. The lowest BCUT2D eigenvalue weighted by molar-refractivity contribution is -0.172. The summed E-state index contributed by atoms with van der Waals surface area (Å²) in [5.41, 5.74) is 0. The Morgan fingerprint density at radius 2 is 2.00 bits per heavy atom. The Balaban J connectivity index is 1.79. The number of aromatic nitrogens is 2. The lowest BCUT2D eigenvalue weighted by Crippen LogP contribution is -2.41. The first-order valence-corrected chi connectivity index (χ1v) is 6.97. The maximum Gasteiger partial charge on any atom is 0.329 e. The van der Waals surface area contributed by atoms with E-state index in [1.165, 1.54) is 6.20 Å². The van der Waals surface area contributed by atoms with Crippen molar-refractivity contribution in [2.24, 2.45) is 5.92 Å². The van der Waals surface area contributed by atoms with Crippen molar-refractivity contribution in [1.82, 2.24) is 14.9 Å². The van der Waals surface area contributed by atoms with Crippen LogP contribution in [0.15, 0.2) is 12.4 Å². The number of alkyl halides is 4. The number of nitrogens with zero attached hydrogens (tertiary/aromatic N) is 2. The zero-order chi connectivity index (χ0) is 16.0. The third kappa shape index (κ3) is 2.47. The molecule has 2 atom stereocenters. The number of aromatic amines is 1. The van der Waals surface area contributed by atoms with E-state index in [9.17, 15) is 22.4 Å². The van der Waals surface area contributed by atoms with Gasteiger partial charge in [0.25, 0.3) is 0 Å². The molecule has 1 N–H and O–H groups in total. The van der Waals surface area contributed by atoms with Crippen LogP contribution in [0.25, 0.3) is 0 Å². The van der Waals surface area contributed by atoms with Crippen LogP contribution in [0.1, 0.15) is 24.8 Å². The highest BCUT2D eigenvalue weighted by Crippen LogP contribution is 2.43. The number of rotatable bonds is 2. The maximum absolute atomic E-state index is 13.3. The van der Waals surface area contributed by atoms with Crippen LogP contribution in [-0.4, -0.2) is 52.3 Å². The second-order valence-electron chi connectivity index (χ2n) is 5.62. The van der Waals surface area contributed by atoms with Crippen LogP contribution in [0.5, 0.6) is 0 Å². The van der Waals surface area contributed by atoms with Gasteiger partial charge in [-0.3, -0.25) is 4.79 Å². The number of hydrogen-bond donors (Lipinski definition) is 1. The predicted octanol–water partition coefficient (Wildman–Crippen LogP) is 1.99. The van der Waals surface area contributed by atoms with Gasteiger partial charge >= 0.3 is 11.8 Å². The fraction of sp³-hybridized carbons (Fsp3) is 0.692. The normalized spacial score (nSPS) is 30.5. The van der Waals surface area contributed by atoms with E-state index in [0.717, 1.165) is 0 Å². The van der Waals surface area contributed by atoms with Gasteiger partial charge < -0.3 is 14.6 Å². The zero-order valence-electron chi connectivity index (χ0n) is 11.6. The topological polar surface area (TPSA) is 58.2 Å². The SMILES string of the molecule is O=C([C@@H]1CCCO[C@H]1c1ncc[nH]1)N1CC(F)(F)C(F)(F)C1. The molecule has 0 unspecified atom stereocenters. The Morgan fingerprint density at radius 3 is 2.59 bits per heavy atom. The van der Waals surface area contributed by atoms with E-state index in [1.807, 2.05) is 0 Å². The summed E-state index contributed by atoms with van der Waals surface area (Å²) in [5, 5.41) is 0. The van der Waals surface area contributed by atoms with Gasteiger partial charge in [-0.25, -0.2) is 4.98 Å². The van der Waals surface area contributed by atoms with Crippen molar-refractivity contribution < 1.29 is 27.1 Å². The van der Waals surface area contributed by atoms with Gasteiger partial charge in [-0.05, 0) is 12.8 Å². The lowest BCUT2D eigenvalue weighted by Gasteiger charge is -2.32. The summed E-state index contributed by atoms with van der Waals surface area (Å²) >= 11 is 0.